The zero-order chi connectivity index (χ0) is 11.1. The minimum absolute atomic E-state index is 0.160. The zero-order valence-electron chi connectivity index (χ0n) is 9.41. The summed E-state index contributed by atoms with van der Waals surface area (Å²) in [7, 11) is 0. The minimum Gasteiger partial charge on any atom is -0.465 e. The topological polar surface area (TPSA) is 58.6 Å². The van der Waals surface area contributed by atoms with Gasteiger partial charge in [-0.3, -0.25) is 4.79 Å². The molecule has 0 aliphatic carbocycles. The molecule has 0 aliphatic heterocycles. The van der Waals surface area contributed by atoms with E-state index in [-0.39, 0.29) is 17.9 Å². The molecule has 0 aliphatic rings. The molecule has 0 spiro atoms. The first kappa shape index (κ1) is 13.4. The fourth-order valence-electron chi connectivity index (χ4n) is 1.12. The van der Waals surface area contributed by atoms with E-state index < -0.39 is 6.10 Å². The second-order valence-electron chi connectivity index (χ2n) is 3.73. The van der Waals surface area contributed by atoms with Crippen LogP contribution in [0.4, 0.5) is 0 Å². The van der Waals surface area contributed by atoms with E-state index in [1.54, 1.807) is 13.8 Å². The van der Waals surface area contributed by atoms with Crippen LogP contribution in [0, 0.1) is 5.92 Å². The SMILES string of the molecule is CCOC(=O)[C@H](NCC(C)O)C(C)C. The van der Waals surface area contributed by atoms with Crippen LogP contribution in [0.1, 0.15) is 27.7 Å². The van der Waals surface area contributed by atoms with Crippen molar-refractivity contribution in [2.75, 3.05) is 13.2 Å². The molecule has 0 saturated carbocycles. The highest BCUT2D eigenvalue weighted by Crippen LogP contribution is 2.03. The van der Waals surface area contributed by atoms with Crippen LogP contribution in [0.5, 0.6) is 0 Å². The predicted octanol–water partition coefficient (Wildman–Crippen LogP) is 0.544. The summed E-state index contributed by atoms with van der Waals surface area (Å²) < 4.78 is 4.91. The summed E-state index contributed by atoms with van der Waals surface area (Å²) in [6.45, 7) is 8.13. The second-order valence-corrected chi connectivity index (χ2v) is 3.73. The van der Waals surface area contributed by atoms with Gasteiger partial charge in [0, 0.05) is 6.54 Å². The molecule has 0 aromatic rings. The van der Waals surface area contributed by atoms with Gasteiger partial charge in [-0.05, 0) is 19.8 Å². The van der Waals surface area contributed by atoms with Gasteiger partial charge in [-0.1, -0.05) is 13.8 Å². The molecule has 0 aromatic carbocycles. The van der Waals surface area contributed by atoms with Crippen molar-refractivity contribution in [2.45, 2.75) is 39.8 Å². The lowest BCUT2D eigenvalue weighted by atomic mass is 10.0. The molecular formula is C10H21NO3. The normalized spacial score (nSPS) is 15.3. The summed E-state index contributed by atoms with van der Waals surface area (Å²) in [6.07, 6.45) is -0.453. The number of nitrogens with one attached hydrogen (secondary N) is 1. The number of aliphatic hydroxyl groups is 1. The molecule has 0 bridgehead atoms. The smallest absolute Gasteiger partial charge is 0.323 e. The number of ether oxygens (including phenoxy) is 1. The maximum Gasteiger partial charge on any atom is 0.323 e. The molecule has 84 valence electrons. The zero-order valence-corrected chi connectivity index (χ0v) is 9.41. The van der Waals surface area contributed by atoms with Crippen molar-refractivity contribution in [2.24, 2.45) is 5.92 Å². The summed E-state index contributed by atoms with van der Waals surface area (Å²) in [4.78, 5) is 11.4. The van der Waals surface area contributed by atoms with Gasteiger partial charge >= 0.3 is 5.97 Å². The standard InChI is InChI=1S/C10H21NO3/c1-5-14-10(13)9(7(2)3)11-6-8(4)12/h7-9,11-12H,5-6H2,1-4H3/t8?,9-/m1/s1. The average molecular weight is 203 g/mol. The highest BCUT2D eigenvalue weighted by atomic mass is 16.5. The number of aliphatic hydroxyl groups excluding tert-OH is 1. The van der Waals surface area contributed by atoms with Gasteiger partial charge in [0.1, 0.15) is 6.04 Å². The highest BCUT2D eigenvalue weighted by Gasteiger charge is 2.22. The van der Waals surface area contributed by atoms with Crippen molar-refractivity contribution in [3.05, 3.63) is 0 Å². The Morgan fingerprint density at radius 3 is 2.36 bits per heavy atom. The molecule has 0 amide bonds. The van der Waals surface area contributed by atoms with E-state index in [1.165, 1.54) is 0 Å². The second kappa shape index (κ2) is 6.79. The van der Waals surface area contributed by atoms with E-state index in [0.717, 1.165) is 0 Å². The Bertz CT molecular complexity index is 169. The first-order valence-corrected chi connectivity index (χ1v) is 5.07. The number of hydrogen-bond acceptors (Lipinski definition) is 4. The van der Waals surface area contributed by atoms with Crippen LogP contribution in [-0.4, -0.2) is 36.4 Å². The summed E-state index contributed by atoms with van der Waals surface area (Å²) in [5.41, 5.74) is 0. The van der Waals surface area contributed by atoms with Crippen LogP contribution in [0.3, 0.4) is 0 Å². The number of hydrogen-bond donors (Lipinski definition) is 2. The monoisotopic (exact) mass is 203 g/mol. The van der Waals surface area contributed by atoms with Crippen molar-refractivity contribution in [1.29, 1.82) is 0 Å². The van der Waals surface area contributed by atoms with E-state index >= 15 is 0 Å². The Hall–Kier alpha value is -0.610. The van der Waals surface area contributed by atoms with Crippen LogP contribution >= 0.6 is 0 Å². The Labute approximate surface area is 85.6 Å². The third kappa shape index (κ3) is 5.19. The molecule has 0 rings (SSSR count). The highest BCUT2D eigenvalue weighted by molar-refractivity contribution is 5.76. The fourth-order valence-corrected chi connectivity index (χ4v) is 1.12. The maximum absolute atomic E-state index is 11.4. The van der Waals surface area contributed by atoms with Crippen LogP contribution in [0.15, 0.2) is 0 Å². The molecule has 1 unspecified atom stereocenters. The van der Waals surface area contributed by atoms with Crippen molar-refractivity contribution >= 4 is 5.97 Å². The fraction of sp³-hybridized carbons (Fsp3) is 0.900. The minimum atomic E-state index is -0.453. The van der Waals surface area contributed by atoms with E-state index in [1.807, 2.05) is 13.8 Å². The van der Waals surface area contributed by atoms with Crippen molar-refractivity contribution in [3.8, 4) is 0 Å². The largest absolute Gasteiger partial charge is 0.465 e. The van der Waals surface area contributed by atoms with Gasteiger partial charge in [0.25, 0.3) is 0 Å². The molecule has 0 radical (unpaired) electrons. The van der Waals surface area contributed by atoms with Gasteiger partial charge in [0.15, 0.2) is 0 Å². The molecule has 0 saturated heterocycles. The van der Waals surface area contributed by atoms with Gasteiger partial charge in [0.2, 0.25) is 0 Å². The third-order valence-electron chi connectivity index (χ3n) is 1.84. The van der Waals surface area contributed by atoms with Crippen LogP contribution in [-0.2, 0) is 9.53 Å². The first-order chi connectivity index (χ1) is 6.49. The van der Waals surface area contributed by atoms with E-state index in [9.17, 15) is 4.79 Å². The predicted molar refractivity (Wildman–Crippen MR) is 54.9 cm³/mol. The van der Waals surface area contributed by atoms with Crippen molar-refractivity contribution in [3.63, 3.8) is 0 Å². The van der Waals surface area contributed by atoms with Gasteiger partial charge in [-0.25, -0.2) is 0 Å². The first-order valence-electron chi connectivity index (χ1n) is 5.07. The van der Waals surface area contributed by atoms with Gasteiger partial charge < -0.3 is 15.2 Å². The number of carbonyl (C=O) groups excluding carboxylic acids is 1. The molecule has 0 fully saturated rings. The number of carbonyl (C=O) groups is 1. The summed E-state index contributed by atoms with van der Waals surface area (Å²) in [6, 6.07) is -0.329. The van der Waals surface area contributed by atoms with E-state index in [0.29, 0.717) is 13.2 Å². The van der Waals surface area contributed by atoms with Gasteiger partial charge in [-0.2, -0.15) is 0 Å². The summed E-state index contributed by atoms with van der Waals surface area (Å²) in [5.74, 6) is -0.0871. The van der Waals surface area contributed by atoms with Crippen LogP contribution in [0.25, 0.3) is 0 Å². The molecule has 4 heteroatoms. The quantitative estimate of drug-likeness (QED) is 0.619. The maximum atomic E-state index is 11.4. The molecule has 0 aromatic heterocycles. The Morgan fingerprint density at radius 2 is 2.00 bits per heavy atom. The number of rotatable bonds is 6. The molecule has 2 atom stereocenters. The lowest BCUT2D eigenvalue weighted by molar-refractivity contribution is -0.146. The molecule has 14 heavy (non-hydrogen) atoms. The van der Waals surface area contributed by atoms with Gasteiger partial charge in [0.05, 0.1) is 12.7 Å². The lowest BCUT2D eigenvalue weighted by Gasteiger charge is -2.21. The average Bonchev–Trinajstić information content (AvgIpc) is 2.03. The third-order valence-corrected chi connectivity index (χ3v) is 1.84. The Kier molecular flexibility index (Phi) is 6.49. The Balaban J connectivity index is 4.08. The molecule has 4 nitrogen and oxygen atoms in total. The number of esters is 1. The molecular weight excluding hydrogens is 182 g/mol. The summed E-state index contributed by atoms with van der Waals surface area (Å²) in [5, 5.41) is 12.1. The van der Waals surface area contributed by atoms with Gasteiger partial charge in [-0.15, -0.1) is 0 Å². The molecule has 0 heterocycles. The molecule has 2 N–H and O–H groups in total. The van der Waals surface area contributed by atoms with Crippen LogP contribution < -0.4 is 5.32 Å². The van der Waals surface area contributed by atoms with E-state index in [4.69, 9.17) is 9.84 Å². The lowest BCUT2D eigenvalue weighted by Crippen LogP contribution is -2.44. The van der Waals surface area contributed by atoms with Crippen LogP contribution in [0.2, 0.25) is 0 Å². The van der Waals surface area contributed by atoms with Crippen molar-refractivity contribution in [1.82, 2.24) is 5.32 Å². The summed E-state index contributed by atoms with van der Waals surface area (Å²) >= 11 is 0. The van der Waals surface area contributed by atoms with E-state index in [2.05, 4.69) is 5.32 Å². The Morgan fingerprint density at radius 1 is 1.43 bits per heavy atom. The van der Waals surface area contributed by atoms with Crippen molar-refractivity contribution < 1.29 is 14.6 Å².